The van der Waals surface area contributed by atoms with Gasteiger partial charge in [0.1, 0.15) is 0 Å². The molecule has 1 heterocycles. The molecule has 0 bridgehead atoms. The van der Waals surface area contributed by atoms with Gasteiger partial charge in [0.2, 0.25) is 0 Å². The van der Waals surface area contributed by atoms with Crippen molar-refractivity contribution in [2.45, 2.75) is 77.6 Å². The zero-order valence-corrected chi connectivity index (χ0v) is 15.2. The third-order valence-corrected chi connectivity index (χ3v) is 6.58. The fraction of sp³-hybridized carbons (Fsp3) is 0.750. The van der Waals surface area contributed by atoms with Crippen LogP contribution in [-0.4, -0.2) is 34.0 Å². The van der Waals surface area contributed by atoms with Gasteiger partial charge in [0.25, 0.3) is 0 Å². The van der Waals surface area contributed by atoms with E-state index in [9.17, 15) is 15.0 Å². The summed E-state index contributed by atoms with van der Waals surface area (Å²) in [5.74, 6) is -0.298. The number of hydrogen-bond donors (Lipinski definition) is 2. The van der Waals surface area contributed by atoms with Crippen molar-refractivity contribution < 1.29 is 19.7 Å². The van der Waals surface area contributed by atoms with Crippen LogP contribution >= 0.6 is 0 Å². The zero-order valence-electron chi connectivity index (χ0n) is 15.2. The summed E-state index contributed by atoms with van der Waals surface area (Å²) in [5.41, 5.74) is 1.46. The second-order valence-electron chi connectivity index (χ2n) is 8.68. The molecule has 1 saturated heterocycles. The highest BCUT2D eigenvalue weighted by molar-refractivity contribution is 5.87. The number of carboxylic acid groups (broad SMARTS) is 1. The summed E-state index contributed by atoms with van der Waals surface area (Å²) >= 11 is 0. The Morgan fingerprint density at radius 2 is 2.00 bits per heavy atom. The van der Waals surface area contributed by atoms with E-state index in [-0.39, 0.29) is 22.5 Å². The molecule has 0 spiro atoms. The summed E-state index contributed by atoms with van der Waals surface area (Å²) < 4.78 is 5.96. The van der Waals surface area contributed by atoms with Gasteiger partial charge in [0, 0.05) is 0 Å². The molecule has 3 rings (SSSR count). The van der Waals surface area contributed by atoms with Gasteiger partial charge in [-0.05, 0) is 63.2 Å². The number of ether oxygens (including phenoxy) is 1. The van der Waals surface area contributed by atoms with E-state index in [0.29, 0.717) is 18.4 Å². The Hall–Kier alpha value is -1.13. The lowest BCUT2D eigenvalue weighted by Crippen LogP contribution is -2.18. The topological polar surface area (TPSA) is 70.1 Å². The molecule has 4 heteroatoms. The molecule has 0 amide bonds. The lowest BCUT2D eigenvalue weighted by atomic mass is 9.93. The third-order valence-electron chi connectivity index (χ3n) is 6.58. The number of hydrogen-bond acceptors (Lipinski definition) is 3. The lowest BCUT2D eigenvalue weighted by Gasteiger charge is -2.11. The summed E-state index contributed by atoms with van der Waals surface area (Å²) in [7, 11) is 0. The molecule has 0 aromatic rings. The maximum Gasteiger partial charge on any atom is 0.333 e. The second kappa shape index (κ2) is 5.99. The number of epoxide rings is 1. The minimum atomic E-state index is -1.00. The van der Waals surface area contributed by atoms with Gasteiger partial charge >= 0.3 is 5.97 Å². The van der Waals surface area contributed by atoms with E-state index in [1.165, 1.54) is 5.57 Å². The second-order valence-corrected chi connectivity index (χ2v) is 8.68. The van der Waals surface area contributed by atoms with Crippen LogP contribution in [-0.2, 0) is 9.53 Å². The van der Waals surface area contributed by atoms with Gasteiger partial charge in [0.15, 0.2) is 0 Å². The van der Waals surface area contributed by atoms with Crippen LogP contribution in [0.1, 0.15) is 59.8 Å². The summed E-state index contributed by atoms with van der Waals surface area (Å²) in [6.07, 6.45) is 7.61. The number of allylic oxidation sites excluding steroid dienone is 2. The van der Waals surface area contributed by atoms with Gasteiger partial charge in [-0.2, -0.15) is 0 Å². The van der Waals surface area contributed by atoms with Crippen molar-refractivity contribution >= 4 is 5.97 Å². The molecule has 2 fully saturated rings. The SMILES string of the molecule is C/C1=C\C[C@H](O)/C(C(=O)O)=C/[C@@H]2[C@@H](CC[C@]3(C)O[C@H]3CC1)C2(C)C. The minimum Gasteiger partial charge on any atom is -0.478 e. The normalized spacial score (nSPS) is 46.2. The van der Waals surface area contributed by atoms with Crippen molar-refractivity contribution in [3.05, 3.63) is 23.3 Å². The molecule has 2 aliphatic carbocycles. The Morgan fingerprint density at radius 3 is 2.67 bits per heavy atom. The van der Waals surface area contributed by atoms with E-state index in [4.69, 9.17) is 4.74 Å². The van der Waals surface area contributed by atoms with Gasteiger partial charge < -0.3 is 14.9 Å². The highest BCUT2D eigenvalue weighted by atomic mass is 16.6. The Labute approximate surface area is 144 Å². The molecular weight excluding hydrogens is 304 g/mol. The highest BCUT2D eigenvalue weighted by Gasteiger charge is 2.58. The number of aliphatic hydroxyl groups is 1. The maximum absolute atomic E-state index is 11.6. The molecule has 2 N–H and O–H groups in total. The standard InChI is InChI=1S/C20H30O4/c1-12-5-7-16(21)13(18(22)23)11-15-14(19(15,2)3)9-10-20(4)17(24-20)8-6-12/h5,11,14-17,21H,6-10H2,1-4H3,(H,22,23)/b12-5+,13-11-/t14-,15-,16+,17+,20+/m1/s1. The number of carbonyl (C=O) groups is 1. The van der Waals surface area contributed by atoms with Crippen LogP contribution in [0.2, 0.25) is 0 Å². The number of rotatable bonds is 1. The third kappa shape index (κ3) is 3.31. The first-order valence-electron chi connectivity index (χ1n) is 9.11. The number of carboxylic acids is 1. The Kier molecular flexibility index (Phi) is 4.42. The molecule has 134 valence electrons. The van der Waals surface area contributed by atoms with E-state index in [0.717, 1.165) is 25.7 Å². The molecular formula is C20H30O4. The number of fused-ring (bicyclic) bond motifs is 2. The van der Waals surface area contributed by atoms with Crippen LogP contribution in [0.25, 0.3) is 0 Å². The van der Waals surface area contributed by atoms with E-state index < -0.39 is 12.1 Å². The first kappa shape index (κ1) is 17.7. The van der Waals surface area contributed by atoms with E-state index in [2.05, 4.69) is 20.8 Å². The van der Waals surface area contributed by atoms with E-state index in [1.807, 2.05) is 19.1 Å². The average Bonchev–Trinajstić information content (AvgIpc) is 3.30. The van der Waals surface area contributed by atoms with E-state index in [1.54, 1.807) is 0 Å². The fourth-order valence-corrected chi connectivity index (χ4v) is 4.41. The molecule has 0 radical (unpaired) electrons. The smallest absolute Gasteiger partial charge is 0.333 e. The largest absolute Gasteiger partial charge is 0.478 e. The summed E-state index contributed by atoms with van der Waals surface area (Å²) in [6, 6.07) is 0. The average molecular weight is 334 g/mol. The monoisotopic (exact) mass is 334 g/mol. The van der Waals surface area contributed by atoms with Gasteiger partial charge in [-0.15, -0.1) is 0 Å². The van der Waals surface area contributed by atoms with Crippen LogP contribution < -0.4 is 0 Å². The fourth-order valence-electron chi connectivity index (χ4n) is 4.41. The molecule has 4 nitrogen and oxygen atoms in total. The quantitative estimate of drug-likeness (QED) is 0.567. The van der Waals surface area contributed by atoms with Crippen molar-refractivity contribution in [3.8, 4) is 0 Å². The van der Waals surface area contributed by atoms with Crippen LogP contribution in [0, 0.1) is 17.3 Å². The van der Waals surface area contributed by atoms with Crippen LogP contribution in [0.5, 0.6) is 0 Å². The summed E-state index contributed by atoms with van der Waals surface area (Å²) in [6.45, 7) is 8.64. The Balaban J connectivity index is 1.84. The molecule has 5 atom stereocenters. The lowest BCUT2D eigenvalue weighted by molar-refractivity contribution is -0.133. The first-order valence-corrected chi connectivity index (χ1v) is 9.11. The molecule has 1 aliphatic heterocycles. The summed E-state index contributed by atoms with van der Waals surface area (Å²) in [5, 5.41) is 19.9. The number of aliphatic carboxylic acids is 1. The van der Waals surface area contributed by atoms with Crippen LogP contribution in [0.4, 0.5) is 0 Å². The minimum absolute atomic E-state index is 0.00642. The predicted molar refractivity (Wildman–Crippen MR) is 92.6 cm³/mol. The van der Waals surface area contributed by atoms with E-state index >= 15 is 0 Å². The summed E-state index contributed by atoms with van der Waals surface area (Å²) in [4.78, 5) is 11.6. The molecule has 0 unspecified atom stereocenters. The van der Waals surface area contributed by atoms with Crippen molar-refractivity contribution in [1.82, 2.24) is 0 Å². The van der Waals surface area contributed by atoms with Crippen molar-refractivity contribution in [3.63, 3.8) is 0 Å². The molecule has 1 saturated carbocycles. The molecule has 3 aliphatic rings. The predicted octanol–water partition coefficient (Wildman–Crippen LogP) is 3.70. The number of aliphatic hydroxyl groups excluding tert-OH is 1. The Morgan fingerprint density at radius 1 is 1.29 bits per heavy atom. The van der Waals surface area contributed by atoms with Gasteiger partial charge in [0.05, 0.1) is 23.4 Å². The van der Waals surface area contributed by atoms with Crippen LogP contribution in [0.15, 0.2) is 23.3 Å². The van der Waals surface area contributed by atoms with Crippen LogP contribution in [0.3, 0.4) is 0 Å². The maximum atomic E-state index is 11.6. The van der Waals surface area contributed by atoms with Gasteiger partial charge in [-0.3, -0.25) is 0 Å². The van der Waals surface area contributed by atoms with Gasteiger partial charge in [-0.1, -0.05) is 31.6 Å². The zero-order chi connectivity index (χ0) is 17.7. The first-order chi connectivity index (χ1) is 11.1. The Bertz CT molecular complexity index is 588. The molecule has 24 heavy (non-hydrogen) atoms. The molecule has 0 aromatic heterocycles. The van der Waals surface area contributed by atoms with Crippen molar-refractivity contribution in [1.29, 1.82) is 0 Å². The highest BCUT2D eigenvalue weighted by Crippen LogP contribution is 2.62. The van der Waals surface area contributed by atoms with Gasteiger partial charge in [-0.25, -0.2) is 4.79 Å². The molecule has 0 aromatic carbocycles. The van der Waals surface area contributed by atoms with Crippen molar-refractivity contribution in [2.75, 3.05) is 0 Å². The van der Waals surface area contributed by atoms with Crippen molar-refractivity contribution in [2.24, 2.45) is 17.3 Å².